The molecule has 15 heavy (non-hydrogen) atoms. The summed E-state index contributed by atoms with van der Waals surface area (Å²) in [6.45, 7) is 5.62. The molecule has 2 rings (SSSR count). The molecule has 82 valence electrons. The van der Waals surface area contributed by atoms with Crippen molar-refractivity contribution in [2.45, 2.75) is 26.7 Å². The zero-order valence-corrected chi connectivity index (χ0v) is 9.29. The van der Waals surface area contributed by atoms with Crippen molar-refractivity contribution in [2.24, 2.45) is 5.92 Å². The van der Waals surface area contributed by atoms with Crippen molar-refractivity contribution in [1.29, 1.82) is 0 Å². The van der Waals surface area contributed by atoms with Crippen LogP contribution in [0, 0.1) is 19.8 Å². The summed E-state index contributed by atoms with van der Waals surface area (Å²) in [4.78, 5) is 8.76. The Balaban J connectivity index is 2.14. The summed E-state index contributed by atoms with van der Waals surface area (Å²) >= 11 is 0. The number of ether oxygens (including phenoxy) is 1. The van der Waals surface area contributed by atoms with Crippen LogP contribution in [0.5, 0.6) is 0 Å². The fraction of sp³-hybridized carbons (Fsp3) is 0.636. The molecule has 1 aromatic rings. The van der Waals surface area contributed by atoms with E-state index in [4.69, 9.17) is 10.5 Å². The van der Waals surface area contributed by atoms with Gasteiger partial charge in [0.25, 0.3) is 0 Å². The minimum atomic E-state index is 0.562. The van der Waals surface area contributed by atoms with Gasteiger partial charge in [-0.3, -0.25) is 0 Å². The first-order chi connectivity index (χ1) is 7.16. The second-order valence-electron chi connectivity index (χ2n) is 4.17. The summed E-state index contributed by atoms with van der Waals surface area (Å²) in [5.41, 5.74) is 7.78. The van der Waals surface area contributed by atoms with Crippen LogP contribution in [0.3, 0.4) is 0 Å². The lowest BCUT2D eigenvalue weighted by atomic mass is 10.0. The molecule has 0 saturated carbocycles. The van der Waals surface area contributed by atoms with E-state index in [-0.39, 0.29) is 0 Å². The molecule has 0 spiro atoms. The maximum absolute atomic E-state index is 5.81. The summed E-state index contributed by atoms with van der Waals surface area (Å²) in [5.74, 6) is 2.02. The Labute approximate surface area is 89.9 Å². The first kappa shape index (κ1) is 10.4. The standard InChI is InChI=1S/C11H17N3O/c1-7-8(2)13-10(14-11(7)12)5-9-3-4-15-6-9/h9H,3-6H2,1-2H3,(H2,12,13,14). The number of hydrogen-bond acceptors (Lipinski definition) is 4. The van der Waals surface area contributed by atoms with Gasteiger partial charge in [-0.2, -0.15) is 0 Å². The second kappa shape index (κ2) is 4.14. The molecule has 1 atom stereocenters. The SMILES string of the molecule is Cc1nc(CC2CCOC2)nc(N)c1C. The zero-order valence-electron chi connectivity index (χ0n) is 9.29. The molecule has 0 bridgehead atoms. The van der Waals surface area contributed by atoms with E-state index in [9.17, 15) is 0 Å². The van der Waals surface area contributed by atoms with Crippen molar-refractivity contribution >= 4 is 5.82 Å². The summed E-state index contributed by atoms with van der Waals surface area (Å²) in [6, 6.07) is 0. The van der Waals surface area contributed by atoms with Gasteiger partial charge in [0.15, 0.2) is 0 Å². The highest BCUT2D eigenvalue weighted by Gasteiger charge is 2.18. The number of aromatic nitrogens is 2. The van der Waals surface area contributed by atoms with Gasteiger partial charge in [0, 0.05) is 30.9 Å². The molecule has 2 N–H and O–H groups in total. The van der Waals surface area contributed by atoms with Crippen molar-refractivity contribution in [3.8, 4) is 0 Å². The van der Waals surface area contributed by atoms with Gasteiger partial charge >= 0.3 is 0 Å². The van der Waals surface area contributed by atoms with E-state index < -0.39 is 0 Å². The van der Waals surface area contributed by atoms with E-state index in [1.165, 1.54) is 0 Å². The molecule has 0 aliphatic carbocycles. The molecule has 1 aliphatic rings. The molecule has 0 amide bonds. The average molecular weight is 207 g/mol. The lowest BCUT2D eigenvalue weighted by Crippen LogP contribution is -2.10. The van der Waals surface area contributed by atoms with Gasteiger partial charge in [-0.1, -0.05) is 0 Å². The van der Waals surface area contributed by atoms with Gasteiger partial charge in [-0.25, -0.2) is 9.97 Å². The lowest BCUT2D eigenvalue weighted by Gasteiger charge is -2.09. The first-order valence-corrected chi connectivity index (χ1v) is 5.34. The first-order valence-electron chi connectivity index (χ1n) is 5.34. The van der Waals surface area contributed by atoms with E-state index in [0.717, 1.165) is 43.1 Å². The Bertz CT molecular complexity index is 336. The van der Waals surface area contributed by atoms with Crippen LogP contribution >= 0.6 is 0 Å². The van der Waals surface area contributed by atoms with Crippen molar-refractivity contribution in [3.05, 3.63) is 17.1 Å². The molecule has 2 heterocycles. The van der Waals surface area contributed by atoms with Crippen molar-refractivity contribution in [2.75, 3.05) is 18.9 Å². The van der Waals surface area contributed by atoms with E-state index in [2.05, 4.69) is 9.97 Å². The Hall–Kier alpha value is -1.16. The summed E-state index contributed by atoms with van der Waals surface area (Å²) in [7, 11) is 0. The summed E-state index contributed by atoms with van der Waals surface area (Å²) < 4.78 is 5.33. The number of rotatable bonds is 2. The van der Waals surface area contributed by atoms with Gasteiger partial charge in [-0.15, -0.1) is 0 Å². The van der Waals surface area contributed by atoms with Crippen LogP contribution in [0.15, 0.2) is 0 Å². The zero-order chi connectivity index (χ0) is 10.8. The van der Waals surface area contributed by atoms with Crippen LogP contribution in [0.1, 0.15) is 23.5 Å². The van der Waals surface area contributed by atoms with Crippen LogP contribution in [-0.4, -0.2) is 23.2 Å². The minimum absolute atomic E-state index is 0.562. The van der Waals surface area contributed by atoms with Crippen molar-refractivity contribution in [1.82, 2.24) is 9.97 Å². The van der Waals surface area contributed by atoms with Gasteiger partial charge in [0.2, 0.25) is 0 Å². The Morgan fingerprint density at radius 1 is 1.40 bits per heavy atom. The highest BCUT2D eigenvalue weighted by molar-refractivity contribution is 5.40. The van der Waals surface area contributed by atoms with Crippen molar-refractivity contribution < 1.29 is 4.74 Å². The van der Waals surface area contributed by atoms with Gasteiger partial charge < -0.3 is 10.5 Å². The topological polar surface area (TPSA) is 61.0 Å². The van der Waals surface area contributed by atoms with E-state index in [1.807, 2.05) is 13.8 Å². The normalized spacial score (nSPS) is 20.8. The highest BCUT2D eigenvalue weighted by atomic mass is 16.5. The predicted octanol–water partition coefficient (Wildman–Crippen LogP) is 1.25. The van der Waals surface area contributed by atoms with Gasteiger partial charge in [0.05, 0.1) is 0 Å². The lowest BCUT2D eigenvalue weighted by molar-refractivity contribution is 0.185. The van der Waals surface area contributed by atoms with Crippen molar-refractivity contribution in [3.63, 3.8) is 0 Å². The highest BCUT2D eigenvalue weighted by Crippen LogP contribution is 2.18. The Morgan fingerprint density at radius 2 is 2.20 bits per heavy atom. The molecule has 0 radical (unpaired) electrons. The summed E-state index contributed by atoms with van der Waals surface area (Å²) in [6.07, 6.45) is 1.99. The third-order valence-electron chi connectivity index (χ3n) is 2.97. The number of nitrogen functional groups attached to an aromatic ring is 1. The average Bonchev–Trinajstić information content (AvgIpc) is 2.66. The van der Waals surface area contributed by atoms with Crippen LogP contribution < -0.4 is 5.73 Å². The van der Waals surface area contributed by atoms with E-state index in [1.54, 1.807) is 0 Å². The van der Waals surface area contributed by atoms with E-state index >= 15 is 0 Å². The number of aryl methyl sites for hydroxylation is 1. The predicted molar refractivity (Wildman–Crippen MR) is 58.5 cm³/mol. The maximum atomic E-state index is 5.81. The molecule has 4 nitrogen and oxygen atoms in total. The smallest absolute Gasteiger partial charge is 0.131 e. The third-order valence-corrected chi connectivity index (χ3v) is 2.97. The number of anilines is 1. The minimum Gasteiger partial charge on any atom is -0.383 e. The van der Waals surface area contributed by atoms with Crippen LogP contribution in [0.4, 0.5) is 5.82 Å². The van der Waals surface area contributed by atoms with Gasteiger partial charge in [0.1, 0.15) is 11.6 Å². The molecular weight excluding hydrogens is 190 g/mol. The fourth-order valence-electron chi connectivity index (χ4n) is 1.80. The van der Waals surface area contributed by atoms with Crippen LogP contribution in [-0.2, 0) is 11.2 Å². The number of nitrogens with zero attached hydrogens (tertiary/aromatic N) is 2. The Kier molecular flexibility index (Phi) is 2.86. The Morgan fingerprint density at radius 3 is 2.80 bits per heavy atom. The summed E-state index contributed by atoms with van der Waals surface area (Å²) in [5, 5.41) is 0. The molecule has 0 aromatic carbocycles. The molecule has 1 saturated heterocycles. The third kappa shape index (κ3) is 2.26. The molecule has 1 unspecified atom stereocenters. The molecule has 1 fully saturated rings. The van der Waals surface area contributed by atoms with Crippen LogP contribution in [0.2, 0.25) is 0 Å². The monoisotopic (exact) mass is 207 g/mol. The maximum Gasteiger partial charge on any atom is 0.131 e. The fourth-order valence-corrected chi connectivity index (χ4v) is 1.80. The molecule has 4 heteroatoms. The van der Waals surface area contributed by atoms with Gasteiger partial charge in [-0.05, 0) is 26.2 Å². The van der Waals surface area contributed by atoms with E-state index in [0.29, 0.717) is 11.7 Å². The quantitative estimate of drug-likeness (QED) is 0.793. The largest absolute Gasteiger partial charge is 0.383 e. The second-order valence-corrected chi connectivity index (χ2v) is 4.17. The number of nitrogens with two attached hydrogens (primary N) is 1. The van der Waals surface area contributed by atoms with Crippen LogP contribution in [0.25, 0.3) is 0 Å². The molecular formula is C11H17N3O. The molecule has 1 aromatic heterocycles. The number of hydrogen-bond donors (Lipinski definition) is 1. The molecule has 1 aliphatic heterocycles.